The molecule has 0 amide bonds. The number of piperidine rings is 1. The molecule has 0 aliphatic carbocycles. The summed E-state index contributed by atoms with van der Waals surface area (Å²) < 4.78 is 22.1. The van der Waals surface area contributed by atoms with Gasteiger partial charge in [0.2, 0.25) is 0 Å². The molecule has 1 fully saturated rings. The quantitative estimate of drug-likeness (QED) is 0.291. The number of hydrogen-bond acceptors (Lipinski definition) is 9. The predicted octanol–water partition coefficient (Wildman–Crippen LogP) is 6.80. The first-order valence-corrected chi connectivity index (χ1v) is 16.1. The standard InChI is InChI=1S/C30H38N6O2S2/c1-5-25-26(18-31)28(35-15-12-23(13-16-35)33-21-30(2,3)4)34-29(27(25)19-32)39-20-22-8-10-24(11-9-22)36-14-6-7-17-40(36,37)38/h6-11,14,17,23,33,37-38H,5,12-13,15-16,20-21H2,1-4H3. The summed E-state index contributed by atoms with van der Waals surface area (Å²) in [4.78, 5) is 7.12. The number of allylic oxidation sites excluding steroid dienone is 2. The third-order valence-electron chi connectivity index (χ3n) is 6.99. The van der Waals surface area contributed by atoms with Gasteiger partial charge >= 0.3 is 0 Å². The van der Waals surface area contributed by atoms with Gasteiger partial charge in [0, 0.05) is 43.0 Å². The zero-order valence-electron chi connectivity index (χ0n) is 23.6. The van der Waals surface area contributed by atoms with Gasteiger partial charge in [-0.1, -0.05) is 50.6 Å². The second kappa shape index (κ2) is 12.7. The summed E-state index contributed by atoms with van der Waals surface area (Å²) in [7, 11) is -3.02. The van der Waals surface area contributed by atoms with Crippen LogP contribution in [0.3, 0.4) is 0 Å². The van der Waals surface area contributed by atoms with E-state index < -0.39 is 10.8 Å². The molecule has 2 aromatic rings. The summed E-state index contributed by atoms with van der Waals surface area (Å²) in [6.45, 7) is 11.2. The molecular formula is C30H38N6O2S2. The van der Waals surface area contributed by atoms with Crippen LogP contribution < -0.4 is 14.5 Å². The molecule has 0 atom stereocenters. The van der Waals surface area contributed by atoms with Gasteiger partial charge in [-0.2, -0.15) is 10.5 Å². The van der Waals surface area contributed by atoms with Crippen molar-refractivity contribution in [2.24, 2.45) is 5.41 Å². The Balaban J connectivity index is 1.52. The van der Waals surface area contributed by atoms with Gasteiger partial charge in [-0.15, -0.1) is 11.8 Å². The number of hydrogen-bond donors (Lipinski definition) is 3. The third kappa shape index (κ3) is 7.01. The first-order valence-electron chi connectivity index (χ1n) is 13.6. The van der Waals surface area contributed by atoms with Crippen LogP contribution in [0.15, 0.2) is 53.1 Å². The van der Waals surface area contributed by atoms with E-state index in [0.29, 0.717) is 45.9 Å². The number of rotatable bonds is 8. The Morgan fingerprint density at radius 2 is 1.75 bits per heavy atom. The van der Waals surface area contributed by atoms with E-state index in [2.05, 4.69) is 43.1 Å². The summed E-state index contributed by atoms with van der Waals surface area (Å²) in [6.07, 6.45) is 7.57. The molecule has 1 saturated heterocycles. The van der Waals surface area contributed by atoms with Gasteiger partial charge in [-0.25, -0.2) is 9.29 Å². The van der Waals surface area contributed by atoms with E-state index >= 15 is 0 Å². The van der Waals surface area contributed by atoms with Crippen molar-refractivity contribution in [3.05, 3.63) is 70.3 Å². The monoisotopic (exact) mass is 578 g/mol. The maximum absolute atomic E-state index is 10.3. The van der Waals surface area contributed by atoms with E-state index in [-0.39, 0.29) is 5.41 Å². The molecule has 212 valence electrons. The number of anilines is 2. The average molecular weight is 579 g/mol. The summed E-state index contributed by atoms with van der Waals surface area (Å²) in [5.41, 5.74) is 3.67. The first kappa shape index (κ1) is 30.0. The number of aromatic nitrogens is 1. The lowest BCUT2D eigenvalue weighted by molar-refractivity contribution is 0.323. The molecule has 40 heavy (non-hydrogen) atoms. The maximum atomic E-state index is 10.3. The Hall–Kier alpha value is -2.99. The molecule has 10 heteroatoms. The highest BCUT2D eigenvalue weighted by molar-refractivity contribution is 8.28. The van der Waals surface area contributed by atoms with Crippen molar-refractivity contribution < 1.29 is 9.11 Å². The highest BCUT2D eigenvalue weighted by Gasteiger charge is 2.27. The third-order valence-corrected chi connectivity index (χ3v) is 9.47. The van der Waals surface area contributed by atoms with Gasteiger partial charge in [0.05, 0.1) is 16.8 Å². The molecule has 3 N–H and O–H groups in total. The van der Waals surface area contributed by atoms with Crippen molar-refractivity contribution in [2.45, 2.75) is 63.8 Å². The minimum Gasteiger partial charge on any atom is -0.355 e. The molecule has 0 saturated carbocycles. The van der Waals surface area contributed by atoms with Gasteiger partial charge in [0.15, 0.2) is 0 Å². The van der Waals surface area contributed by atoms with Crippen LogP contribution in [0, 0.1) is 28.1 Å². The largest absolute Gasteiger partial charge is 0.355 e. The second-order valence-corrected chi connectivity index (χ2v) is 14.0. The van der Waals surface area contributed by atoms with Gasteiger partial charge in [0.25, 0.3) is 0 Å². The summed E-state index contributed by atoms with van der Waals surface area (Å²) in [5.74, 6) is 1.27. The zero-order chi connectivity index (χ0) is 28.9. The van der Waals surface area contributed by atoms with Crippen LogP contribution in [0.1, 0.15) is 62.8 Å². The van der Waals surface area contributed by atoms with Gasteiger partial charge < -0.3 is 10.2 Å². The lowest BCUT2D eigenvalue weighted by atomic mass is 9.95. The van der Waals surface area contributed by atoms with E-state index in [1.54, 1.807) is 18.4 Å². The predicted molar refractivity (Wildman–Crippen MR) is 165 cm³/mol. The highest BCUT2D eigenvalue weighted by atomic mass is 32.3. The molecule has 4 rings (SSSR count). The normalized spacial score (nSPS) is 17.9. The Kier molecular flexibility index (Phi) is 9.50. The van der Waals surface area contributed by atoms with Crippen molar-refractivity contribution in [3.63, 3.8) is 0 Å². The zero-order valence-corrected chi connectivity index (χ0v) is 25.2. The summed E-state index contributed by atoms with van der Waals surface area (Å²) in [6, 6.07) is 12.7. The van der Waals surface area contributed by atoms with Crippen LogP contribution in [0.2, 0.25) is 0 Å². The number of nitrogens with zero attached hydrogens (tertiary/aromatic N) is 5. The topological polar surface area (TPSA) is 119 Å². The lowest BCUT2D eigenvalue weighted by Crippen LogP contribution is -2.45. The van der Waals surface area contributed by atoms with E-state index in [9.17, 15) is 19.6 Å². The van der Waals surface area contributed by atoms with Crippen LogP contribution in [0.5, 0.6) is 0 Å². The molecule has 0 spiro atoms. The fourth-order valence-corrected chi connectivity index (χ4v) is 6.90. The van der Waals surface area contributed by atoms with Gasteiger partial charge in [-0.05, 0) is 60.1 Å². The Morgan fingerprint density at radius 1 is 1.07 bits per heavy atom. The minimum atomic E-state index is -3.02. The van der Waals surface area contributed by atoms with Crippen LogP contribution in [0.4, 0.5) is 11.5 Å². The fraction of sp³-hybridized carbons (Fsp3) is 0.433. The molecule has 0 radical (unpaired) electrons. The van der Waals surface area contributed by atoms with E-state index in [0.717, 1.165) is 43.6 Å². The number of nitrogens with one attached hydrogen (secondary N) is 1. The Bertz CT molecular complexity index is 1340. The Labute approximate surface area is 243 Å². The molecular weight excluding hydrogens is 541 g/mol. The molecule has 1 aromatic heterocycles. The maximum Gasteiger partial charge on any atom is 0.148 e. The smallest absolute Gasteiger partial charge is 0.148 e. The van der Waals surface area contributed by atoms with Crippen molar-refractivity contribution in [2.75, 3.05) is 28.8 Å². The highest BCUT2D eigenvalue weighted by Crippen LogP contribution is 2.49. The van der Waals surface area contributed by atoms with E-state index in [4.69, 9.17) is 4.98 Å². The second-order valence-electron chi connectivity index (χ2n) is 11.3. The molecule has 8 nitrogen and oxygen atoms in total. The average Bonchev–Trinajstić information content (AvgIpc) is 2.94. The van der Waals surface area contributed by atoms with Crippen molar-refractivity contribution in [3.8, 4) is 12.1 Å². The van der Waals surface area contributed by atoms with Crippen molar-refractivity contribution >= 4 is 34.0 Å². The molecule has 0 bridgehead atoms. The Morgan fingerprint density at radius 3 is 2.33 bits per heavy atom. The van der Waals surface area contributed by atoms with Gasteiger partial charge in [0.1, 0.15) is 23.0 Å². The molecule has 3 heterocycles. The van der Waals surface area contributed by atoms with Crippen LogP contribution >= 0.6 is 22.5 Å². The fourth-order valence-electron chi connectivity index (χ4n) is 4.83. The summed E-state index contributed by atoms with van der Waals surface area (Å²) >= 11 is 1.49. The number of benzene rings is 1. The molecule has 1 aromatic carbocycles. The summed E-state index contributed by atoms with van der Waals surface area (Å²) in [5, 5.41) is 25.8. The first-order chi connectivity index (χ1) is 19.1. The number of pyridine rings is 1. The van der Waals surface area contributed by atoms with E-state index in [1.807, 2.05) is 31.2 Å². The van der Waals surface area contributed by atoms with Crippen molar-refractivity contribution in [1.82, 2.24) is 10.3 Å². The molecule has 0 unspecified atom stereocenters. The SMILES string of the molecule is CCc1c(C#N)c(SCc2ccc(N3C=CC=CS3(O)O)cc2)nc(N2CCC(NCC(C)(C)C)CC2)c1C#N. The molecule has 2 aliphatic rings. The van der Waals surface area contributed by atoms with Crippen molar-refractivity contribution in [1.29, 1.82) is 10.5 Å². The van der Waals surface area contributed by atoms with E-state index in [1.165, 1.54) is 21.5 Å². The van der Waals surface area contributed by atoms with Gasteiger partial charge in [-0.3, -0.25) is 9.11 Å². The van der Waals surface area contributed by atoms with Crippen LogP contribution in [-0.4, -0.2) is 39.8 Å². The number of nitriles is 2. The number of thioether (sulfide) groups is 1. The van der Waals surface area contributed by atoms with Crippen LogP contribution in [0.25, 0.3) is 0 Å². The molecule has 2 aliphatic heterocycles. The lowest BCUT2D eigenvalue weighted by Gasteiger charge is -2.40. The van der Waals surface area contributed by atoms with Crippen LogP contribution in [-0.2, 0) is 12.2 Å². The minimum absolute atomic E-state index is 0.230.